The van der Waals surface area contributed by atoms with Gasteiger partial charge in [-0.2, -0.15) is 0 Å². The average molecular weight is 782 g/mol. The molecule has 0 saturated carbocycles. The van der Waals surface area contributed by atoms with Crippen LogP contribution in [0.5, 0.6) is 5.75 Å². The molecule has 0 atom stereocenters. The highest BCUT2D eigenvalue weighted by Gasteiger charge is 2.39. The number of unbranched alkanes of at least 4 members (excludes halogenated alkanes) is 1. The van der Waals surface area contributed by atoms with Crippen molar-refractivity contribution in [3.8, 4) is 5.75 Å². The Morgan fingerprint density at radius 2 is 1.25 bits per heavy atom. The minimum atomic E-state index is -2.27. The normalized spacial score (nSPS) is 13.5. The minimum Gasteiger partial charge on any atom is -0.472 e. The Labute approximate surface area is 330 Å². The van der Waals surface area contributed by atoms with E-state index in [1.807, 2.05) is 77.5 Å². The second-order valence-corrected chi connectivity index (χ2v) is 25.0. The Bertz CT molecular complexity index is 1960. The van der Waals surface area contributed by atoms with Gasteiger partial charge >= 0.3 is 11.9 Å². The van der Waals surface area contributed by atoms with Crippen molar-refractivity contribution in [1.82, 2.24) is 0 Å². The van der Waals surface area contributed by atoms with E-state index < -0.39 is 28.2 Å². The van der Waals surface area contributed by atoms with Gasteiger partial charge in [0.2, 0.25) is 0 Å². The number of carbonyl (C=O) groups excluding carboxylic acids is 2. The number of carbonyl (C=O) groups is 2. The third-order valence-electron chi connectivity index (χ3n) is 10.1. The number of hydrogen-bond donors (Lipinski definition) is 0. The predicted molar refractivity (Wildman–Crippen MR) is 232 cm³/mol. The molecule has 4 aromatic carbocycles. The summed E-state index contributed by atoms with van der Waals surface area (Å²) in [6.45, 7) is 10.7. The first-order valence-corrected chi connectivity index (χ1v) is 25.4. The lowest BCUT2D eigenvalue weighted by Gasteiger charge is -2.37. The van der Waals surface area contributed by atoms with Crippen molar-refractivity contribution >= 4 is 62.5 Å². The molecule has 0 aromatic heterocycles. The van der Waals surface area contributed by atoms with E-state index >= 15 is 0 Å². The number of anilines is 3. The fourth-order valence-electron chi connectivity index (χ4n) is 7.18. The Balaban J connectivity index is 1.45. The molecule has 0 unspecified atom stereocenters. The van der Waals surface area contributed by atoms with Crippen LogP contribution in [-0.2, 0) is 24.0 Å². The van der Waals surface area contributed by atoms with Crippen LogP contribution in [0, 0.1) is 0 Å². The molecule has 1 aliphatic rings. The minimum absolute atomic E-state index is 0.0327. The quantitative estimate of drug-likeness (QED) is 0.0628. The number of ether oxygens (including phenoxy) is 3. The van der Waals surface area contributed by atoms with E-state index in [2.05, 4.69) is 97.5 Å². The molecular weight excluding hydrogens is 723 g/mol. The topological polar surface area (TPSA) is 80.8 Å². The first-order valence-electron chi connectivity index (χ1n) is 19.2. The van der Waals surface area contributed by atoms with Crippen LogP contribution in [-0.4, -0.2) is 84.1 Å². The molecule has 0 saturated heterocycles. The molecule has 55 heavy (non-hydrogen) atoms. The maximum atomic E-state index is 13.9. The van der Waals surface area contributed by atoms with Crippen LogP contribution in [0.15, 0.2) is 78.9 Å². The highest BCUT2D eigenvalue weighted by atomic mass is 28.4. The average Bonchev–Trinajstić information content (AvgIpc) is 3.14. The largest absolute Gasteiger partial charge is 0.472 e. The van der Waals surface area contributed by atoms with Crippen molar-refractivity contribution in [2.75, 3.05) is 70.2 Å². The number of nitrogens with zero attached hydrogens (tertiary/aromatic N) is 3. The Morgan fingerprint density at radius 1 is 0.709 bits per heavy atom. The van der Waals surface area contributed by atoms with E-state index in [0.717, 1.165) is 57.8 Å². The summed E-state index contributed by atoms with van der Waals surface area (Å²) in [7, 11) is 7.96. The Kier molecular flexibility index (Phi) is 12.9. The molecule has 9 nitrogen and oxygen atoms in total. The van der Waals surface area contributed by atoms with Gasteiger partial charge in [0.25, 0.3) is 0 Å². The molecule has 1 aliphatic heterocycles. The molecule has 4 aromatic rings. The second kappa shape index (κ2) is 17.1. The maximum absolute atomic E-state index is 13.9. The second-order valence-electron chi connectivity index (χ2n) is 16.3. The summed E-state index contributed by atoms with van der Waals surface area (Å²) in [6, 6.07) is 26.1. The molecule has 0 spiro atoms. The third-order valence-corrected chi connectivity index (χ3v) is 17.2. The highest BCUT2D eigenvalue weighted by Crippen LogP contribution is 2.47. The van der Waals surface area contributed by atoms with Gasteiger partial charge in [-0.05, 0) is 92.2 Å². The zero-order chi connectivity index (χ0) is 40.1. The zero-order valence-corrected chi connectivity index (χ0v) is 36.6. The van der Waals surface area contributed by atoms with E-state index in [0.29, 0.717) is 16.9 Å². The maximum Gasteiger partial charge on any atom is 0.339 e. The molecule has 1 heterocycles. The molecule has 294 valence electrons. The number of hydrogen-bond acceptors (Lipinski definition) is 9. The van der Waals surface area contributed by atoms with Gasteiger partial charge < -0.3 is 33.0 Å². The monoisotopic (exact) mass is 781 g/mol. The number of fused-ring (bicyclic) bond motifs is 3. The van der Waals surface area contributed by atoms with Crippen LogP contribution in [0.1, 0.15) is 46.8 Å². The van der Waals surface area contributed by atoms with E-state index in [4.69, 9.17) is 18.3 Å². The lowest BCUT2D eigenvalue weighted by Crippen LogP contribution is -2.45. The predicted octanol–water partition coefficient (Wildman–Crippen LogP) is 9.31. The molecule has 0 amide bonds. The Morgan fingerprint density at radius 3 is 1.80 bits per heavy atom. The van der Waals surface area contributed by atoms with Crippen molar-refractivity contribution in [2.24, 2.45) is 0 Å². The van der Waals surface area contributed by atoms with Crippen molar-refractivity contribution < 1.29 is 27.9 Å². The lowest BCUT2D eigenvalue weighted by atomic mass is 9.82. The summed E-state index contributed by atoms with van der Waals surface area (Å²) in [5.74, 6) is -0.246. The first kappa shape index (κ1) is 41.6. The van der Waals surface area contributed by atoms with E-state index in [9.17, 15) is 9.59 Å². The van der Waals surface area contributed by atoms with Gasteiger partial charge in [0, 0.05) is 81.4 Å². The first-order chi connectivity index (χ1) is 25.9. The summed E-state index contributed by atoms with van der Waals surface area (Å²) >= 11 is 0. The van der Waals surface area contributed by atoms with E-state index in [1.165, 1.54) is 0 Å². The van der Waals surface area contributed by atoms with Crippen LogP contribution in [0.2, 0.25) is 38.3 Å². The van der Waals surface area contributed by atoms with Crippen LogP contribution in [0.4, 0.5) is 17.1 Å². The van der Waals surface area contributed by atoms with Gasteiger partial charge in [0.05, 0.1) is 11.6 Å². The van der Waals surface area contributed by atoms with Crippen molar-refractivity contribution in [2.45, 2.75) is 63.6 Å². The van der Waals surface area contributed by atoms with Crippen LogP contribution in [0.3, 0.4) is 0 Å². The fraction of sp³-hybridized carbons (Fsp3) is 0.409. The fourth-order valence-corrected chi connectivity index (χ4v) is 15.9. The van der Waals surface area contributed by atoms with Crippen molar-refractivity contribution in [3.05, 3.63) is 101 Å². The van der Waals surface area contributed by atoms with Crippen LogP contribution < -0.4 is 19.4 Å². The molecular formula is C44H59N3O6Si2. The zero-order valence-electron chi connectivity index (χ0n) is 34.6. The lowest BCUT2D eigenvalue weighted by molar-refractivity contribution is -0.142. The van der Waals surface area contributed by atoms with Gasteiger partial charge in [-0.3, -0.25) is 4.79 Å². The van der Waals surface area contributed by atoms with Crippen molar-refractivity contribution in [3.63, 3.8) is 0 Å². The molecule has 11 heteroatoms. The van der Waals surface area contributed by atoms with Gasteiger partial charge in [-0.1, -0.05) is 50.1 Å². The summed E-state index contributed by atoms with van der Waals surface area (Å²) < 4.78 is 25.2. The highest BCUT2D eigenvalue weighted by molar-refractivity contribution is 6.86. The van der Waals surface area contributed by atoms with E-state index in [1.54, 1.807) is 0 Å². The van der Waals surface area contributed by atoms with Gasteiger partial charge in [-0.25, -0.2) is 4.79 Å². The summed E-state index contributed by atoms with van der Waals surface area (Å²) in [5.41, 5.74) is 5.08. The Hall–Kier alpha value is -4.59. The molecule has 5 rings (SSSR count). The molecule has 0 bridgehead atoms. The number of rotatable bonds is 16. The SMILES string of the molecule is CCCC[Si](C)(C)O[Si](C)(C)CC(=O)OCCOC(=O)c1cc2ccc(N(C)C)cc2c2c1C=CC(c1ccc(N(C)C)cc1)(c1ccc(N(C)C)cc1)O2. The standard InChI is InChI=1S/C44H59N3O6Si2/c1-12-13-28-54(8,9)53-55(10,11)31-41(48)50-26-27-51-43(49)40-29-32-14-19-37(47(6)7)30-39(32)42-38(40)24-25-44(52-42,33-15-20-35(21-16-33)45(2)3)34-17-22-36(23-18-34)46(4)5/h14-25,29-30H,12-13,26-28,31H2,1-11H3. The van der Waals surface area contributed by atoms with Gasteiger partial charge in [0.15, 0.2) is 22.2 Å². The smallest absolute Gasteiger partial charge is 0.339 e. The molecule has 0 aliphatic carbocycles. The van der Waals surface area contributed by atoms with Crippen LogP contribution >= 0.6 is 0 Å². The molecule has 0 fully saturated rings. The number of benzene rings is 4. The third kappa shape index (κ3) is 9.81. The van der Waals surface area contributed by atoms with Gasteiger partial charge in [-0.15, -0.1) is 0 Å². The van der Waals surface area contributed by atoms with Crippen molar-refractivity contribution in [1.29, 1.82) is 0 Å². The van der Waals surface area contributed by atoms with E-state index in [-0.39, 0.29) is 25.2 Å². The molecule has 0 radical (unpaired) electrons. The van der Waals surface area contributed by atoms with Gasteiger partial charge in [0.1, 0.15) is 19.0 Å². The summed E-state index contributed by atoms with van der Waals surface area (Å²) in [5, 5.41) is 1.72. The number of esters is 2. The molecule has 0 N–H and O–H groups in total. The summed E-state index contributed by atoms with van der Waals surface area (Å²) in [6.07, 6.45) is 6.28. The summed E-state index contributed by atoms with van der Waals surface area (Å²) in [4.78, 5) is 32.9. The van der Waals surface area contributed by atoms with Crippen LogP contribution in [0.25, 0.3) is 16.8 Å².